The van der Waals surface area contributed by atoms with E-state index in [9.17, 15) is 4.39 Å². The molecule has 0 amide bonds. The molecule has 100 valence electrons. The van der Waals surface area contributed by atoms with Crippen LogP contribution < -0.4 is 0 Å². The van der Waals surface area contributed by atoms with Crippen molar-refractivity contribution in [2.75, 3.05) is 13.1 Å². The lowest BCUT2D eigenvalue weighted by Crippen LogP contribution is -2.28. The van der Waals surface area contributed by atoms with Gasteiger partial charge in [0, 0.05) is 19.6 Å². The molecule has 1 aromatic carbocycles. The molecule has 2 aliphatic rings. The van der Waals surface area contributed by atoms with Crippen molar-refractivity contribution >= 4 is 0 Å². The Kier molecular flexibility index (Phi) is 3.52. The van der Waals surface area contributed by atoms with Crippen molar-refractivity contribution in [3.63, 3.8) is 0 Å². The maximum Gasteiger partial charge on any atom is 0.123 e. The second kappa shape index (κ2) is 5.30. The number of benzene rings is 1. The van der Waals surface area contributed by atoms with E-state index in [0.29, 0.717) is 12.1 Å². The van der Waals surface area contributed by atoms with Crippen LogP contribution in [0.1, 0.15) is 36.8 Å². The first-order valence-electron chi connectivity index (χ1n) is 7.15. The molecule has 0 radical (unpaired) electrons. The lowest BCUT2D eigenvalue weighted by molar-refractivity contribution is 0.244. The second-order valence-electron chi connectivity index (χ2n) is 5.99. The van der Waals surface area contributed by atoms with Crippen LogP contribution >= 0.6 is 0 Å². The molecular formula is C16H19FN2. The summed E-state index contributed by atoms with van der Waals surface area (Å²) in [6.07, 6.45) is 5.32. The number of hydrogen-bond donors (Lipinski definition) is 0. The number of halogens is 1. The van der Waals surface area contributed by atoms with Crippen LogP contribution in [0.15, 0.2) is 18.2 Å². The number of nitriles is 1. The lowest BCUT2D eigenvalue weighted by atomic mass is 10.1. The molecule has 1 aromatic rings. The third-order valence-corrected chi connectivity index (χ3v) is 4.01. The van der Waals surface area contributed by atoms with Gasteiger partial charge < -0.3 is 0 Å². The first kappa shape index (κ1) is 12.6. The second-order valence-corrected chi connectivity index (χ2v) is 5.99. The van der Waals surface area contributed by atoms with Crippen molar-refractivity contribution in [2.24, 2.45) is 11.8 Å². The van der Waals surface area contributed by atoms with Crippen LogP contribution in [0, 0.1) is 29.0 Å². The SMILES string of the molecule is N#Cc1ccc(F)cc1CN(CC1CC1)CC1CC1. The Hall–Kier alpha value is -1.40. The Morgan fingerprint density at radius 1 is 1.16 bits per heavy atom. The summed E-state index contributed by atoms with van der Waals surface area (Å²) in [7, 11) is 0. The van der Waals surface area contributed by atoms with Gasteiger partial charge in [0.2, 0.25) is 0 Å². The van der Waals surface area contributed by atoms with E-state index in [4.69, 9.17) is 5.26 Å². The molecule has 0 aliphatic heterocycles. The molecule has 2 aliphatic carbocycles. The molecule has 0 aromatic heterocycles. The van der Waals surface area contributed by atoms with Crippen LogP contribution in [0.25, 0.3) is 0 Å². The first-order valence-corrected chi connectivity index (χ1v) is 7.15. The number of nitrogens with zero attached hydrogens (tertiary/aromatic N) is 2. The van der Waals surface area contributed by atoms with Crippen LogP contribution in [0.4, 0.5) is 4.39 Å². The van der Waals surface area contributed by atoms with Gasteiger partial charge in [-0.05, 0) is 61.3 Å². The van der Waals surface area contributed by atoms with Gasteiger partial charge in [0.25, 0.3) is 0 Å². The van der Waals surface area contributed by atoms with Crippen molar-refractivity contribution in [3.8, 4) is 6.07 Å². The van der Waals surface area contributed by atoms with Gasteiger partial charge in [0.15, 0.2) is 0 Å². The molecule has 0 N–H and O–H groups in total. The summed E-state index contributed by atoms with van der Waals surface area (Å²) in [5.41, 5.74) is 1.45. The minimum Gasteiger partial charge on any atom is -0.298 e. The van der Waals surface area contributed by atoms with Gasteiger partial charge in [0.05, 0.1) is 11.6 Å². The molecule has 0 heterocycles. The minimum atomic E-state index is -0.244. The molecule has 0 atom stereocenters. The number of rotatable bonds is 6. The zero-order chi connectivity index (χ0) is 13.2. The molecule has 3 rings (SSSR count). The molecule has 2 fully saturated rings. The van der Waals surface area contributed by atoms with Gasteiger partial charge in [-0.25, -0.2) is 4.39 Å². The Balaban J connectivity index is 1.71. The summed E-state index contributed by atoms with van der Waals surface area (Å²) >= 11 is 0. The maximum absolute atomic E-state index is 13.4. The maximum atomic E-state index is 13.4. The summed E-state index contributed by atoms with van der Waals surface area (Å²) in [4.78, 5) is 2.42. The van der Waals surface area contributed by atoms with Gasteiger partial charge in [0.1, 0.15) is 5.82 Å². The normalized spacial score (nSPS) is 18.6. The summed E-state index contributed by atoms with van der Waals surface area (Å²) in [6, 6.07) is 6.66. The largest absolute Gasteiger partial charge is 0.298 e. The van der Waals surface area contributed by atoms with Gasteiger partial charge >= 0.3 is 0 Å². The molecule has 0 unspecified atom stereocenters. The summed E-state index contributed by atoms with van der Waals surface area (Å²) in [5.74, 6) is 1.42. The van der Waals surface area contributed by atoms with E-state index in [2.05, 4.69) is 11.0 Å². The summed E-state index contributed by atoms with van der Waals surface area (Å²) in [6.45, 7) is 2.93. The van der Waals surface area contributed by atoms with Crippen molar-refractivity contribution in [1.29, 1.82) is 5.26 Å². The third-order valence-electron chi connectivity index (χ3n) is 4.01. The summed E-state index contributed by atoms with van der Waals surface area (Å²) < 4.78 is 13.4. The molecule has 0 spiro atoms. The van der Waals surface area contributed by atoms with E-state index in [1.165, 1.54) is 37.8 Å². The molecule has 0 saturated heterocycles. The topological polar surface area (TPSA) is 27.0 Å². The lowest BCUT2D eigenvalue weighted by Gasteiger charge is -2.22. The molecule has 2 nitrogen and oxygen atoms in total. The van der Waals surface area contributed by atoms with E-state index < -0.39 is 0 Å². The number of hydrogen-bond acceptors (Lipinski definition) is 2. The van der Waals surface area contributed by atoms with E-state index in [1.54, 1.807) is 6.07 Å². The van der Waals surface area contributed by atoms with Crippen LogP contribution in [0.3, 0.4) is 0 Å². The highest BCUT2D eigenvalue weighted by atomic mass is 19.1. The van der Waals surface area contributed by atoms with Crippen LogP contribution in [0.2, 0.25) is 0 Å². The predicted molar refractivity (Wildman–Crippen MR) is 71.8 cm³/mol. The van der Waals surface area contributed by atoms with Crippen molar-refractivity contribution in [1.82, 2.24) is 4.90 Å². The smallest absolute Gasteiger partial charge is 0.123 e. The molecule has 2 saturated carbocycles. The van der Waals surface area contributed by atoms with E-state index >= 15 is 0 Å². The minimum absolute atomic E-state index is 0.244. The predicted octanol–water partition coefficient (Wildman–Crippen LogP) is 3.32. The van der Waals surface area contributed by atoms with Crippen molar-refractivity contribution in [2.45, 2.75) is 32.2 Å². The fraction of sp³-hybridized carbons (Fsp3) is 0.562. The van der Waals surface area contributed by atoms with Crippen LogP contribution in [-0.4, -0.2) is 18.0 Å². The first-order chi connectivity index (χ1) is 9.24. The molecular weight excluding hydrogens is 239 g/mol. The fourth-order valence-electron chi connectivity index (χ4n) is 2.58. The van der Waals surface area contributed by atoms with Gasteiger partial charge in [-0.15, -0.1) is 0 Å². The van der Waals surface area contributed by atoms with E-state index in [0.717, 1.165) is 30.5 Å². The Labute approximate surface area is 113 Å². The Morgan fingerprint density at radius 2 is 1.79 bits per heavy atom. The standard InChI is InChI=1S/C16H19FN2/c17-16-6-5-14(8-18)15(7-16)11-19(9-12-1-2-12)10-13-3-4-13/h5-7,12-13H,1-4,9-11H2. The molecule has 19 heavy (non-hydrogen) atoms. The fourth-order valence-corrected chi connectivity index (χ4v) is 2.58. The Bertz CT molecular complexity index is 484. The Morgan fingerprint density at radius 3 is 2.32 bits per heavy atom. The van der Waals surface area contributed by atoms with Crippen molar-refractivity contribution in [3.05, 3.63) is 35.1 Å². The van der Waals surface area contributed by atoms with Crippen molar-refractivity contribution < 1.29 is 4.39 Å². The highest BCUT2D eigenvalue weighted by Crippen LogP contribution is 2.34. The zero-order valence-corrected chi connectivity index (χ0v) is 11.1. The zero-order valence-electron chi connectivity index (χ0n) is 11.1. The molecule has 3 heteroatoms. The average molecular weight is 258 g/mol. The highest BCUT2D eigenvalue weighted by Gasteiger charge is 2.29. The van der Waals surface area contributed by atoms with Gasteiger partial charge in [-0.3, -0.25) is 4.90 Å². The van der Waals surface area contributed by atoms with E-state index in [-0.39, 0.29) is 5.82 Å². The quantitative estimate of drug-likeness (QED) is 0.782. The highest BCUT2D eigenvalue weighted by molar-refractivity contribution is 5.37. The third kappa shape index (κ3) is 3.54. The van der Waals surface area contributed by atoms with Crippen LogP contribution in [0.5, 0.6) is 0 Å². The van der Waals surface area contributed by atoms with Crippen LogP contribution in [-0.2, 0) is 6.54 Å². The van der Waals surface area contributed by atoms with Gasteiger partial charge in [-0.2, -0.15) is 5.26 Å². The molecule has 0 bridgehead atoms. The van der Waals surface area contributed by atoms with E-state index in [1.807, 2.05) is 0 Å². The van der Waals surface area contributed by atoms with Gasteiger partial charge in [-0.1, -0.05) is 0 Å². The monoisotopic (exact) mass is 258 g/mol. The average Bonchev–Trinajstić information content (AvgIpc) is 3.25. The summed E-state index contributed by atoms with van der Waals surface area (Å²) in [5, 5.41) is 9.12.